The Bertz CT molecular complexity index is 1190. The molecule has 166 valence electrons. The zero-order valence-electron chi connectivity index (χ0n) is 18.0. The normalized spacial score (nSPS) is 26.0. The summed E-state index contributed by atoms with van der Waals surface area (Å²) in [6, 6.07) is 14.1. The third kappa shape index (κ3) is 3.17. The molecule has 3 aliphatic rings. The molecule has 1 N–H and O–H groups in total. The van der Waals surface area contributed by atoms with Crippen LogP contribution in [0.5, 0.6) is 0 Å². The number of hydrogen-bond acceptors (Lipinski definition) is 5. The van der Waals surface area contributed by atoms with Gasteiger partial charge in [0, 0.05) is 18.8 Å². The average molecular weight is 443 g/mol. The summed E-state index contributed by atoms with van der Waals surface area (Å²) < 4.78 is 0. The molecule has 8 nitrogen and oxygen atoms in total. The number of likely N-dealkylation sites (tertiary alicyclic amines) is 1. The van der Waals surface area contributed by atoms with Gasteiger partial charge in [0.1, 0.15) is 0 Å². The van der Waals surface area contributed by atoms with E-state index in [1.54, 1.807) is 30.3 Å². The summed E-state index contributed by atoms with van der Waals surface area (Å²) in [7, 11) is 1.38. The van der Waals surface area contributed by atoms with E-state index in [1.165, 1.54) is 13.1 Å². The Hall–Kier alpha value is -4.07. The smallest absolute Gasteiger partial charge is 0.248 e. The number of anilines is 2. The molecule has 4 atom stereocenters. The van der Waals surface area contributed by atoms with Crippen molar-refractivity contribution in [3.8, 4) is 0 Å². The second-order valence-corrected chi connectivity index (χ2v) is 8.63. The van der Waals surface area contributed by atoms with Crippen LogP contribution in [0.1, 0.15) is 11.1 Å². The number of carbonyl (C=O) groups is 5. The highest BCUT2D eigenvalue weighted by Gasteiger charge is 2.73. The van der Waals surface area contributed by atoms with Gasteiger partial charge in [0.05, 0.1) is 29.4 Å². The number of nitrogens with one attached hydrogen (secondary N) is 1. The third-order valence-corrected chi connectivity index (χ3v) is 6.69. The Morgan fingerprint density at radius 3 is 1.85 bits per heavy atom. The fourth-order valence-corrected chi connectivity index (χ4v) is 4.92. The molecule has 2 saturated heterocycles. The van der Waals surface area contributed by atoms with E-state index in [0.29, 0.717) is 11.4 Å². The molecule has 2 heterocycles. The van der Waals surface area contributed by atoms with Crippen LogP contribution in [-0.4, -0.2) is 41.5 Å². The average Bonchev–Trinajstić information content (AvgIpc) is 3.09. The topological polar surface area (TPSA) is 104 Å². The second kappa shape index (κ2) is 7.51. The van der Waals surface area contributed by atoms with Crippen molar-refractivity contribution in [2.24, 2.45) is 23.7 Å². The van der Waals surface area contributed by atoms with E-state index in [4.69, 9.17) is 0 Å². The molecule has 8 heteroatoms. The van der Waals surface area contributed by atoms with E-state index in [0.717, 1.165) is 20.9 Å². The zero-order chi connectivity index (χ0) is 23.4. The molecular weight excluding hydrogens is 422 g/mol. The highest BCUT2D eigenvalue weighted by Crippen LogP contribution is 2.56. The van der Waals surface area contributed by atoms with Crippen LogP contribution in [0.25, 0.3) is 6.08 Å². The minimum Gasteiger partial charge on any atom is -0.323 e. The van der Waals surface area contributed by atoms with Crippen molar-refractivity contribution in [3.63, 3.8) is 0 Å². The van der Waals surface area contributed by atoms with Crippen molar-refractivity contribution < 1.29 is 24.0 Å². The largest absolute Gasteiger partial charge is 0.323 e. The predicted molar refractivity (Wildman–Crippen MR) is 120 cm³/mol. The SMILES string of the molecule is Cc1ccc(/C=C/C(=O)Nc2ccc(N3C(=O)C4C5C(=O)N(C)C(=O)C5C4C3=O)cc2)cc1. The third-order valence-electron chi connectivity index (χ3n) is 6.69. The number of rotatable bonds is 4. The van der Waals surface area contributed by atoms with Gasteiger partial charge in [-0.05, 0) is 42.8 Å². The minimum atomic E-state index is -0.782. The monoisotopic (exact) mass is 443 g/mol. The van der Waals surface area contributed by atoms with Crippen molar-refractivity contribution in [2.45, 2.75) is 6.92 Å². The minimum absolute atomic E-state index is 0.316. The van der Waals surface area contributed by atoms with Gasteiger partial charge in [0.15, 0.2) is 0 Å². The number of nitrogens with zero attached hydrogens (tertiary/aromatic N) is 2. The number of fused-ring (bicyclic) bond motifs is 4. The van der Waals surface area contributed by atoms with Crippen LogP contribution >= 0.6 is 0 Å². The molecule has 4 unspecified atom stereocenters. The zero-order valence-corrected chi connectivity index (χ0v) is 18.0. The Balaban J connectivity index is 1.27. The first kappa shape index (κ1) is 20.8. The van der Waals surface area contributed by atoms with Gasteiger partial charge in [-0.2, -0.15) is 0 Å². The molecule has 1 aliphatic carbocycles. The number of benzene rings is 2. The molecular formula is C25H21N3O5. The Labute approximate surface area is 189 Å². The van der Waals surface area contributed by atoms with Gasteiger partial charge >= 0.3 is 0 Å². The van der Waals surface area contributed by atoms with E-state index >= 15 is 0 Å². The van der Waals surface area contributed by atoms with E-state index in [2.05, 4.69) is 5.32 Å². The maximum atomic E-state index is 12.9. The molecule has 5 rings (SSSR count). The molecule has 0 spiro atoms. The van der Waals surface area contributed by atoms with Gasteiger partial charge < -0.3 is 5.32 Å². The van der Waals surface area contributed by atoms with Gasteiger partial charge in [-0.1, -0.05) is 29.8 Å². The Morgan fingerprint density at radius 2 is 1.30 bits per heavy atom. The molecule has 33 heavy (non-hydrogen) atoms. The van der Waals surface area contributed by atoms with Gasteiger partial charge in [-0.15, -0.1) is 0 Å². The summed E-state index contributed by atoms with van der Waals surface area (Å²) in [6.45, 7) is 1.99. The summed E-state index contributed by atoms with van der Waals surface area (Å²) in [5.41, 5.74) is 2.88. The molecule has 5 amide bonds. The number of aryl methyl sites for hydroxylation is 1. The molecule has 2 aromatic rings. The van der Waals surface area contributed by atoms with Gasteiger partial charge in [0.2, 0.25) is 29.5 Å². The van der Waals surface area contributed by atoms with Crippen LogP contribution in [0.4, 0.5) is 11.4 Å². The first-order chi connectivity index (χ1) is 15.8. The lowest BCUT2D eigenvalue weighted by atomic mass is 9.59. The van der Waals surface area contributed by atoms with Crippen molar-refractivity contribution in [1.82, 2.24) is 4.90 Å². The van der Waals surface area contributed by atoms with Gasteiger partial charge in [-0.3, -0.25) is 33.8 Å². The van der Waals surface area contributed by atoms with Gasteiger partial charge in [-0.25, -0.2) is 0 Å². The lowest BCUT2D eigenvalue weighted by Crippen LogP contribution is -2.50. The highest BCUT2D eigenvalue weighted by atomic mass is 16.2. The van der Waals surface area contributed by atoms with Crippen molar-refractivity contribution >= 4 is 47.0 Å². The maximum absolute atomic E-state index is 12.9. The first-order valence-corrected chi connectivity index (χ1v) is 10.6. The number of imide groups is 2. The molecule has 2 aliphatic heterocycles. The fourth-order valence-electron chi connectivity index (χ4n) is 4.92. The van der Waals surface area contributed by atoms with Crippen LogP contribution in [-0.2, 0) is 24.0 Å². The maximum Gasteiger partial charge on any atom is 0.248 e. The van der Waals surface area contributed by atoms with Crippen LogP contribution in [0.2, 0.25) is 0 Å². The second-order valence-electron chi connectivity index (χ2n) is 8.63. The quantitative estimate of drug-likeness (QED) is 0.575. The fraction of sp³-hybridized carbons (Fsp3) is 0.240. The molecule has 2 aromatic carbocycles. The van der Waals surface area contributed by atoms with Gasteiger partial charge in [0.25, 0.3) is 0 Å². The van der Waals surface area contributed by atoms with Crippen molar-refractivity contribution in [1.29, 1.82) is 0 Å². The van der Waals surface area contributed by atoms with Crippen molar-refractivity contribution in [3.05, 3.63) is 65.7 Å². The lowest BCUT2D eigenvalue weighted by molar-refractivity contribution is -0.146. The summed E-state index contributed by atoms with van der Waals surface area (Å²) >= 11 is 0. The summed E-state index contributed by atoms with van der Waals surface area (Å²) in [4.78, 5) is 64.7. The number of carbonyl (C=O) groups excluding carboxylic acids is 5. The summed E-state index contributed by atoms with van der Waals surface area (Å²) in [5.74, 6) is -5.08. The van der Waals surface area contributed by atoms with E-state index in [9.17, 15) is 24.0 Å². The lowest BCUT2D eigenvalue weighted by Gasteiger charge is -2.36. The summed E-state index contributed by atoms with van der Waals surface area (Å²) in [5, 5.41) is 2.73. The van der Waals surface area contributed by atoms with Crippen LogP contribution in [0.15, 0.2) is 54.6 Å². The van der Waals surface area contributed by atoms with Crippen LogP contribution in [0.3, 0.4) is 0 Å². The molecule has 0 radical (unpaired) electrons. The highest BCUT2D eigenvalue weighted by molar-refractivity contribution is 6.27. The predicted octanol–water partition coefficient (Wildman–Crippen LogP) is 2.00. The van der Waals surface area contributed by atoms with Crippen LogP contribution < -0.4 is 10.2 Å². The van der Waals surface area contributed by atoms with E-state index in [1.807, 2.05) is 31.2 Å². The van der Waals surface area contributed by atoms with Crippen LogP contribution in [0, 0.1) is 30.6 Å². The molecule has 0 aromatic heterocycles. The standard InChI is InChI=1S/C25H21N3O5/c1-13-3-5-14(6-4-13)7-12-17(29)26-15-8-10-16(11-9-15)28-24(32)20-18-19(21(20)25(28)33)23(31)27(2)22(18)30/h3-12,18-21H,1-2H3,(H,26,29)/b12-7+. The Morgan fingerprint density at radius 1 is 0.788 bits per heavy atom. The van der Waals surface area contributed by atoms with E-state index in [-0.39, 0.29) is 5.91 Å². The number of hydrogen-bond donors (Lipinski definition) is 1. The van der Waals surface area contributed by atoms with E-state index < -0.39 is 47.3 Å². The van der Waals surface area contributed by atoms with Crippen molar-refractivity contribution in [2.75, 3.05) is 17.3 Å². The number of amides is 5. The molecule has 3 fully saturated rings. The first-order valence-electron chi connectivity index (χ1n) is 10.6. The molecule has 1 saturated carbocycles. The molecule has 0 bridgehead atoms. The summed E-state index contributed by atoms with van der Waals surface area (Å²) in [6.07, 6.45) is 3.13. The Kier molecular flexibility index (Phi) is 4.74.